The Morgan fingerprint density at radius 2 is 0.806 bits per heavy atom. The molecule has 0 radical (unpaired) electrons. The fourth-order valence-electron chi connectivity index (χ4n) is 5.28. The summed E-state index contributed by atoms with van der Waals surface area (Å²) in [7, 11) is 0. The van der Waals surface area contributed by atoms with Crippen LogP contribution in [0.5, 0.6) is 0 Å². The van der Waals surface area contributed by atoms with Crippen LogP contribution < -0.4 is 0 Å². The molecule has 0 atom stereocenters. The summed E-state index contributed by atoms with van der Waals surface area (Å²) in [5.74, 6) is 2.44. The van der Waals surface area contributed by atoms with Crippen LogP contribution in [0.4, 0.5) is 0 Å². The molecule has 0 aliphatic rings. The highest BCUT2D eigenvalue weighted by Crippen LogP contribution is 2.37. The molecule has 186 valence electrons. The first kappa shape index (κ1) is 25.5. The van der Waals surface area contributed by atoms with Gasteiger partial charge >= 0.3 is 0 Å². The SMILES string of the molecule is CCCCCCSc1ccc2c(ccc3c2ccc2c4ccc(SCCCCCC)cc4ccc23)c1. The molecular formula is C34H38S2. The summed E-state index contributed by atoms with van der Waals surface area (Å²) in [6.45, 7) is 4.55. The van der Waals surface area contributed by atoms with E-state index in [0.717, 1.165) is 0 Å². The summed E-state index contributed by atoms with van der Waals surface area (Å²) in [6, 6.07) is 28.1. The Morgan fingerprint density at radius 3 is 1.25 bits per heavy atom. The average molecular weight is 511 g/mol. The van der Waals surface area contributed by atoms with E-state index in [9.17, 15) is 0 Å². The summed E-state index contributed by atoms with van der Waals surface area (Å²) in [6.07, 6.45) is 10.6. The van der Waals surface area contributed by atoms with Gasteiger partial charge in [0.15, 0.2) is 0 Å². The molecule has 0 saturated carbocycles. The predicted octanol–water partition coefficient (Wildman–Crippen LogP) is 11.6. The van der Waals surface area contributed by atoms with Crippen molar-refractivity contribution < 1.29 is 0 Å². The van der Waals surface area contributed by atoms with Crippen molar-refractivity contribution >= 4 is 66.6 Å². The summed E-state index contributed by atoms with van der Waals surface area (Å²) < 4.78 is 0. The van der Waals surface area contributed by atoms with Crippen molar-refractivity contribution in [2.45, 2.75) is 75.0 Å². The molecule has 0 saturated heterocycles. The first-order valence-electron chi connectivity index (χ1n) is 13.9. The molecule has 5 aromatic carbocycles. The second kappa shape index (κ2) is 12.4. The lowest BCUT2D eigenvalue weighted by Gasteiger charge is -2.12. The zero-order valence-corrected chi connectivity index (χ0v) is 23.4. The van der Waals surface area contributed by atoms with E-state index in [1.165, 1.54) is 116 Å². The quantitative estimate of drug-likeness (QED) is 0.0929. The molecule has 5 aromatic rings. The lowest BCUT2D eigenvalue weighted by atomic mass is 9.94. The van der Waals surface area contributed by atoms with E-state index in [1.807, 2.05) is 23.5 Å². The second-order valence-electron chi connectivity index (χ2n) is 9.97. The molecule has 0 bridgehead atoms. The minimum absolute atomic E-state index is 1.22. The van der Waals surface area contributed by atoms with E-state index in [4.69, 9.17) is 0 Å². The van der Waals surface area contributed by atoms with Gasteiger partial charge in [0, 0.05) is 9.79 Å². The van der Waals surface area contributed by atoms with E-state index in [2.05, 4.69) is 86.6 Å². The van der Waals surface area contributed by atoms with Crippen molar-refractivity contribution in [2.75, 3.05) is 11.5 Å². The van der Waals surface area contributed by atoms with Crippen LogP contribution in [0.25, 0.3) is 43.1 Å². The number of hydrogen-bond acceptors (Lipinski definition) is 2. The van der Waals surface area contributed by atoms with Gasteiger partial charge in [-0.25, -0.2) is 0 Å². The summed E-state index contributed by atoms with van der Waals surface area (Å²) >= 11 is 4.01. The number of fused-ring (bicyclic) bond motifs is 7. The molecular weight excluding hydrogens is 473 g/mol. The molecule has 0 aromatic heterocycles. The van der Waals surface area contributed by atoms with Gasteiger partial charge in [-0.1, -0.05) is 101 Å². The van der Waals surface area contributed by atoms with E-state index in [1.54, 1.807) is 0 Å². The number of thioether (sulfide) groups is 2. The Morgan fingerprint density at radius 1 is 0.417 bits per heavy atom. The van der Waals surface area contributed by atoms with Crippen LogP contribution in [0.2, 0.25) is 0 Å². The van der Waals surface area contributed by atoms with Crippen molar-refractivity contribution in [3.8, 4) is 0 Å². The van der Waals surface area contributed by atoms with Crippen LogP contribution in [0.3, 0.4) is 0 Å². The topological polar surface area (TPSA) is 0 Å². The van der Waals surface area contributed by atoms with Gasteiger partial charge in [0.05, 0.1) is 0 Å². The number of unbranched alkanes of at least 4 members (excludes halogenated alkanes) is 6. The summed E-state index contributed by atoms with van der Waals surface area (Å²) in [4.78, 5) is 2.79. The molecule has 5 rings (SSSR count). The Balaban J connectivity index is 1.41. The Labute approximate surface area is 225 Å². The Kier molecular flexibility index (Phi) is 8.77. The van der Waals surface area contributed by atoms with E-state index >= 15 is 0 Å². The molecule has 0 unspecified atom stereocenters. The molecule has 0 spiro atoms. The molecule has 0 amide bonds. The largest absolute Gasteiger partial charge is 0.126 e. The maximum Gasteiger partial charge on any atom is 0.00783 e. The number of hydrogen-bond donors (Lipinski definition) is 0. The highest BCUT2D eigenvalue weighted by atomic mass is 32.2. The average Bonchev–Trinajstić information content (AvgIpc) is 2.92. The first-order chi connectivity index (χ1) is 17.8. The van der Waals surface area contributed by atoms with E-state index in [0.29, 0.717) is 0 Å². The summed E-state index contributed by atoms with van der Waals surface area (Å²) in [5.41, 5.74) is 0. The van der Waals surface area contributed by atoms with Crippen LogP contribution in [0, 0.1) is 0 Å². The molecule has 0 nitrogen and oxygen atoms in total. The minimum Gasteiger partial charge on any atom is -0.126 e. The third kappa shape index (κ3) is 5.71. The van der Waals surface area contributed by atoms with Gasteiger partial charge in [0.1, 0.15) is 0 Å². The maximum atomic E-state index is 2.38. The van der Waals surface area contributed by atoms with Crippen LogP contribution in [-0.4, -0.2) is 11.5 Å². The van der Waals surface area contributed by atoms with Crippen LogP contribution in [0.1, 0.15) is 65.2 Å². The van der Waals surface area contributed by atoms with Crippen molar-refractivity contribution in [3.63, 3.8) is 0 Å². The molecule has 0 fully saturated rings. The first-order valence-corrected chi connectivity index (χ1v) is 15.8. The smallest absolute Gasteiger partial charge is 0.00783 e. The summed E-state index contributed by atoms with van der Waals surface area (Å²) in [5, 5.41) is 10.9. The number of rotatable bonds is 12. The lowest BCUT2D eigenvalue weighted by molar-refractivity contribution is 0.706. The van der Waals surface area contributed by atoms with Gasteiger partial charge in [0.25, 0.3) is 0 Å². The van der Waals surface area contributed by atoms with Gasteiger partial charge in [-0.3, -0.25) is 0 Å². The van der Waals surface area contributed by atoms with Crippen molar-refractivity contribution in [1.29, 1.82) is 0 Å². The van der Waals surface area contributed by atoms with Gasteiger partial charge in [-0.15, -0.1) is 23.5 Å². The van der Waals surface area contributed by atoms with Gasteiger partial charge in [0.2, 0.25) is 0 Å². The third-order valence-corrected chi connectivity index (χ3v) is 9.47. The van der Waals surface area contributed by atoms with Gasteiger partial charge in [-0.2, -0.15) is 0 Å². The van der Waals surface area contributed by atoms with Gasteiger partial charge < -0.3 is 0 Å². The van der Waals surface area contributed by atoms with E-state index in [-0.39, 0.29) is 0 Å². The maximum absolute atomic E-state index is 2.38. The van der Waals surface area contributed by atoms with Crippen LogP contribution >= 0.6 is 23.5 Å². The zero-order valence-electron chi connectivity index (χ0n) is 21.8. The van der Waals surface area contributed by atoms with Crippen molar-refractivity contribution in [1.82, 2.24) is 0 Å². The standard InChI is InChI=1S/C34H38S2/c1-3-5-7-9-21-35-27-13-17-29-25(23-27)11-15-33-31(29)19-20-32-30-18-14-28(36-22-10-8-6-4-2)24-26(30)12-16-34(32)33/h11-20,23-24H,3-10,21-22H2,1-2H3. The normalized spacial score (nSPS) is 11.8. The lowest BCUT2D eigenvalue weighted by Crippen LogP contribution is -1.85. The zero-order chi connectivity index (χ0) is 24.7. The monoisotopic (exact) mass is 510 g/mol. The van der Waals surface area contributed by atoms with Crippen molar-refractivity contribution in [3.05, 3.63) is 72.8 Å². The minimum atomic E-state index is 1.22. The van der Waals surface area contributed by atoms with Crippen LogP contribution in [-0.2, 0) is 0 Å². The molecule has 0 heterocycles. The molecule has 36 heavy (non-hydrogen) atoms. The van der Waals surface area contributed by atoms with Crippen molar-refractivity contribution in [2.24, 2.45) is 0 Å². The fourth-order valence-corrected chi connectivity index (χ4v) is 7.19. The molecule has 0 N–H and O–H groups in total. The fraction of sp³-hybridized carbons (Fsp3) is 0.353. The second-order valence-corrected chi connectivity index (χ2v) is 12.3. The third-order valence-electron chi connectivity index (χ3n) is 7.31. The Bertz CT molecular complexity index is 1350. The van der Waals surface area contributed by atoms with Gasteiger partial charge in [-0.05, 0) is 91.7 Å². The van der Waals surface area contributed by atoms with Crippen LogP contribution in [0.15, 0.2) is 82.6 Å². The highest BCUT2D eigenvalue weighted by Gasteiger charge is 2.09. The molecule has 2 heteroatoms. The predicted molar refractivity (Wildman–Crippen MR) is 166 cm³/mol. The molecule has 0 aliphatic carbocycles. The molecule has 0 aliphatic heterocycles. The Hall–Kier alpha value is -2.16. The van der Waals surface area contributed by atoms with E-state index < -0.39 is 0 Å². The highest BCUT2D eigenvalue weighted by molar-refractivity contribution is 7.99. The number of benzene rings is 5.